The van der Waals surface area contributed by atoms with Crippen LogP contribution in [0.1, 0.15) is 23.0 Å². The van der Waals surface area contributed by atoms with Crippen LogP contribution < -0.4 is 5.32 Å². The lowest BCUT2D eigenvalue weighted by Crippen LogP contribution is -2.58. The fourth-order valence-corrected chi connectivity index (χ4v) is 1.70. The maximum atomic E-state index is 12.1. The number of nitriles is 1. The molecule has 19 heavy (non-hydrogen) atoms. The van der Waals surface area contributed by atoms with Gasteiger partial charge in [-0.2, -0.15) is 5.26 Å². The molecule has 0 spiro atoms. The second kappa shape index (κ2) is 4.86. The van der Waals surface area contributed by atoms with Crippen molar-refractivity contribution in [2.45, 2.75) is 13.0 Å². The van der Waals surface area contributed by atoms with Gasteiger partial charge in [-0.3, -0.25) is 19.7 Å². The Morgan fingerprint density at radius 2 is 2.26 bits per heavy atom. The van der Waals surface area contributed by atoms with Crippen molar-refractivity contribution in [1.29, 1.82) is 5.26 Å². The molecule has 0 aromatic carbocycles. The molecule has 0 aliphatic carbocycles. The van der Waals surface area contributed by atoms with E-state index in [-0.39, 0.29) is 12.2 Å². The van der Waals surface area contributed by atoms with Gasteiger partial charge in [0.2, 0.25) is 11.8 Å². The predicted molar refractivity (Wildman–Crippen MR) is 62.6 cm³/mol. The molecule has 1 aliphatic rings. The van der Waals surface area contributed by atoms with Crippen molar-refractivity contribution >= 4 is 17.7 Å². The van der Waals surface area contributed by atoms with Gasteiger partial charge in [0.25, 0.3) is 5.91 Å². The summed E-state index contributed by atoms with van der Waals surface area (Å²) in [5, 5.41) is 10.8. The molecule has 1 saturated heterocycles. The van der Waals surface area contributed by atoms with Gasteiger partial charge in [-0.05, 0) is 19.1 Å². The molecule has 0 saturated carbocycles. The molecule has 1 aromatic rings. The fraction of sp³-hybridized carbons (Fsp3) is 0.250. The molecule has 1 fully saturated rings. The summed E-state index contributed by atoms with van der Waals surface area (Å²) in [6, 6.07) is 4.00. The van der Waals surface area contributed by atoms with E-state index in [2.05, 4.69) is 10.3 Å². The molecule has 2 heterocycles. The van der Waals surface area contributed by atoms with Crippen molar-refractivity contribution in [3.63, 3.8) is 0 Å². The van der Waals surface area contributed by atoms with E-state index in [1.54, 1.807) is 0 Å². The van der Waals surface area contributed by atoms with Crippen LogP contribution >= 0.6 is 0 Å². The topological polar surface area (TPSA) is 103 Å². The van der Waals surface area contributed by atoms with E-state index in [4.69, 9.17) is 5.26 Å². The van der Waals surface area contributed by atoms with Crippen molar-refractivity contribution in [1.82, 2.24) is 15.2 Å². The maximum absolute atomic E-state index is 12.1. The molecule has 7 heteroatoms. The zero-order valence-electron chi connectivity index (χ0n) is 10.1. The number of nitrogens with one attached hydrogen (secondary N) is 1. The lowest BCUT2D eigenvalue weighted by Gasteiger charge is -2.31. The molecule has 1 unspecified atom stereocenters. The Hall–Kier alpha value is -2.75. The summed E-state index contributed by atoms with van der Waals surface area (Å²) in [6.45, 7) is 1.34. The molecule has 0 bridgehead atoms. The molecule has 2 rings (SSSR count). The predicted octanol–water partition coefficient (Wildman–Crippen LogP) is -0.560. The summed E-state index contributed by atoms with van der Waals surface area (Å²) in [5.74, 6) is -1.55. The van der Waals surface area contributed by atoms with E-state index in [9.17, 15) is 14.4 Å². The van der Waals surface area contributed by atoms with Gasteiger partial charge in [-0.25, -0.2) is 4.98 Å². The van der Waals surface area contributed by atoms with Gasteiger partial charge in [0.15, 0.2) is 0 Å². The largest absolute Gasteiger partial charge is 0.316 e. The highest BCUT2D eigenvalue weighted by molar-refractivity contribution is 6.06. The second-order valence-corrected chi connectivity index (χ2v) is 4.07. The van der Waals surface area contributed by atoms with Gasteiger partial charge in [-0.1, -0.05) is 0 Å². The molecule has 7 nitrogen and oxygen atoms in total. The van der Waals surface area contributed by atoms with Crippen LogP contribution in [0.3, 0.4) is 0 Å². The molecule has 1 N–H and O–H groups in total. The number of piperazine rings is 1. The third-order valence-corrected chi connectivity index (χ3v) is 2.80. The Morgan fingerprint density at radius 1 is 1.53 bits per heavy atom. The highest BCUT2D eigenvalue weighted by atomic mass is 16.2. The number of carbonyl (C=O) groups excluding carboxylic acids is 3. The van der Waals surface area contributed by atoms with Gasteiger partial charge in [0.05, 0.1) is 5.56 Å². The van der Waals surface area contributed by atoms with Crippen LogP contribution in [0.4, 0.5) is 0 Å². The van der Waals surface area contributed by atoms with Crippen LogP contribution in [0.15, 0.2) is 18.3 Å². The number of imide groups is 1. The third-order valence-electron chi connectivity index (χ3n) is 2.80. The minimum Gasteiger partial charge on any atom is -0.316 e. The summed E-state index contributed by atoms with van der Waals surface area (Å²) >= 11 is 0. The van der Waals surface area contributed by atoms with E-state index in [0.717, 1.165) is 4.90 Å². The van der Waals surface area contributed by atoms with Gasteiger partial charge < -0.3 is 4.90 Å². The molecular formula is C12H10N4O3. The van der Waals surface area contributed by atoms with E-state index in [0.29, 0.717) is 5.56 Å². The molecule has 0 radical (unpaired) electrons. The van der Waals surface area contributed by atoms with E-state index in [1.807, 2.05) is 6.07 Å². The summed E-state index contributed by atoms with van der Waals surface area (Å²) in [4.78, 5) is 39.9. The summed E-state index contributed by atoms with van der Waals surface area (Å²) in [5.41, 5.74) is 0.422. The zero-order valence-corrected chi connectivity index (χ0v) is 10.1. The third kappa shape index (κ3) is 2.42. The minimum atomic E-state index is -0.734. The molecule has 3 amide bonds. The van der Waals surface area contributed by atoms with Crippen LogP contribution in [0.25, 0.3) is 0 Å². The van der Waals surface area contributed by atoms with E-state index >= 15 is 0 Å². The maximum Gasteiger partial charge on any atom is 0.273 e. The standard InChI is InChI=1S/C12H10N4O3/c1-7-11(18)15-10(17)6-16(7)12(19)9-3-2-8(4-13)5-14-9/h2-3,5,7H,6H2,1H3,(H,15,17,18). The first-order chi connectivity index (χ1) is 9.02. The SMILES string of the molecule is CC1C(=O)NC(=O)CN1C(=O)c1ccc(C#N)cn1. The smallest absolute Gasteiger partial charge is 0.273 e. The van der Waals surface area contributed by atoms with Crippen molar-refractivity contribution in [2.24, 2.45) is 0 Å². The van der Waals surface area contributed by atoms with Gasteiger partial charge >= 0.3 is 0 Å². The van der Waals surface area contributed by atoms with E-state index in [1.165, 1.54) is 25.3 Å². The molecule has 1 aromatic heterocycles. The van der Waals surface area contributed by atoms with Gasteiger partial charge in [0.1, 0.15) is 24.3 Å². The normalized spacial score (nSPS) is 18.7. The summed E-state index contributed by atoms with van der Waals surface area (Å²) in [6.07, 6.45) is 1.27. The average Bonchev–Trinajstić information content (AvgIpc) is 2.42. The number of pyridine rings is 1. The van der Waals surface area contributed by atoms with Gasteiger partial charge in [-0.15, -0.1) is 0 Å². The second-order valence-electron chi connectivity index (χ2n) is 4.07. The summed E-state index contributed by atoms with van der Waals surface area (Å²) in [7, 11) is 0. The molecule has 96 valence electrons. The van der Waals surface area contributed by atoms with Crippen LogP contribution in [0.2, 0.25) is 0 Å². The Kier molecular flexibility index (Phi) is 3.25. The number of hydrogen-bond donors (Lipinski definition) is 1. The van der Waals surface area contributed by atoms with Crippen molar-refractivity contribution in [3.05, 3.63) is 29.6 Å². The lowest BCUT2D eigenvalue weighted by atomic mass is 10.1. The summed E-state index contributed by atoms with van der Waals surface area (Å²) < 4.78 is 0. The highest BCUT2D eigenvalue weighted by Crippen LogP contribution is 2.10. The van der Waals surface area contributed by atoms with Crippen molar-refractivity contribution < 1.29 is 14.4 Å². The molecular weight excluding hydrogens is 248 g/mol. The molecule has 1 aliphatic heterocycles. The first-order valence-corrected chi connectivity index (χ1v) is 5.53. The van der Waals surface area contributed by atoms with Crippen LogP contribution in [-0.4, -0.2) is 40.2 Å². The van der Waals surface area contributed by atoms with Crippen molar-refractivity contribution in [2.75, 3.05) is 6.54 Å². The minimum absolute atomic E-state index is 0.0911. The Labute approximate surface area is 108 Å². The van der Waals surface area contributed by atoms with E-state index < -0.39 is 23.8 Å². The van der Waals surface area contributed by atoms with Crippen molar-refractivity contribution in [3.8, 4) is 6.07 Å². The number of carbonyl (C=O) groups is 3. The number of amides is 3. The number of hydrogen-bond acceptors (Lipinski definition) is 5. The fourth-order valence-electron chi connectivity index (χ4n) is 1.70. The Balaban J connectivity index is 2.25. The van der Waals surface area contributed by atoms with Crippen LogP contribution in [-0.2, 0) is 9.59 Å². The Morgan fingerprint density at radius 3 is 2.84 bits per heavy atom. The number of nitrogens with zero attached hydrogens (tertiary/aromatic N) is 3. The van der Waals surface area contributed by atoms with Gasteiger partial charge in [0, 0.05) is 6.20 Å². The first kappa shape index (κ1) is 12.7. The zero-order chi connectivity index (χ0) is 14.0. The highest BCUT2D eigenvalue weighted by Gasteiger charge is 2.34. The first-order valence-electron chi connectivity index (χ1n) is 5.53. The number of aromatic nitrogens is 1. The Bertz CT molecular complexity index is 588. The number of rotatable bonds is 1. The quantitative estimate of drug-likeness (QED) is 0.680. The molecule has 1 atom stereocenters. The average molecular weight is 258 g/mol. The monoisotopic (exact) mass is 258 g/mol. The lowest BCUT2D eigenvalue weighted by molar-refractivity contribution is -0.138. The van der Waals surface area contributed by atoms with Crippen LogP contribution in [0.5, 0.6) is 0 Å². The van der Waals surface area contributed by atoms with Crippen LogP contribution in [0, 0.1) is 11.3 Å².